The van der Waals surface area contributed by atoms with E-state index in [1.165, 1.54) is 4.68 Å². The maximum atomic E-state index is 11.8. The summed E-state index contributed by atoms with van der Waals surface area (Å²) in [4.78, 5) is 35.2. The zero-order valence-corrected chi connectivity index (χ0v) is 14.9. The molecule has 9 heteroatoms. The lowest BCUT2D eigenvalue weighted by molar-refractivity contribution is -0.128. The fourth-order valence-corrected chi connectivity index (χ4v) is 2.25. The summed E-state index contributed by atoms with van der Waals surface area (Å²) in [7, 11) is 0. The number of nitrogens with zero attached hydrogens (tertiary/aromatic N) is 2. The van der Waals surface area contributed by atoms with Gasteiger partial charge in [0.2, 0.25) is 0 Å². The molecule has 4 N–H and O–H groups in total. The molecule has 0 spiro atoms. The molecular formula is C17H22N6O3. The third kappa shape index (κ3) is 5.93. The van der Waals surface area contributed by atoms with Gasteiger partial charge >= 0.3 is 6.03 Å². The predicted octanol–water partition coefficient (Wildman–Crippen LogP) is 0.777. The van der Waals surface area contributed by atoms with Crippen molar-refractivity contribution in [3.8, 4) is 0 Å². The van der Waals surface area contributed by atoms with Gasteiger partial charge in [0, 0.05) is 11.4 Å². The first-order chi connectivity index (χ1) is 12.3. The van der Waals surface area contributed by atoms with E-state index in [0.717, 1.165) is 17.0 Å². The van der Waals surface area contributed by atoms with E-state index in [1.807, 2.05) is 39.0 Å². The Morgan fingerprint density at radius 1 is 1.04 bits per heavy atom. The minimum absolute atomic E-state index is 0.0127. The Labute approximate surface area is 151 Å². The first kappa shape index (κ1) is 19.0. The molecule has 1 heterocycles. The summed E-state index contributed by atoms with van der Waals surface area (Å²) < 4.78 is 1.53. The van der Waals surface area contributed by atoms with E-state index in [9.17, 15) is 14.4 Å². The molecule has 0 aliphatic carbocycles. The van der Waals surface area contributed by atoms with Crippen LogP contribution >= 0.6 is 0 Å². The second kappa shape index (κ2) is 8.65. The van der Waals surface area contributed by atoms with E-state index < -0.39 is 17.8 Å². The molecule has 0 fully saturated rings. The molecule has 0 bridgehead atoms. The predicted molar refractivity (Wildman–Crippen MR) is 96.2 cm³/mol. The molecule has 0 atom stereocenters. The van der Waals surface area contributed by atoms with Crippen LogP contribution in [-0.4, -0.2) is 34.2 Å². The molecule has 0 saturated heterocycles. The number of nitrogens with one attached hydrogen (secondary N) is 4. The van der Waals surface area contributed by atoms with Gasteiger partial charge in [0.15, 0.2) is 0 Å². The van der Waals surface area contributed by atoms with Crippen molar-refractivity contribution in [3.63, 3.8) is 0 Å². The molecule has 4 amide bonds. The molecule has 2 aromatic rings. The van der Waals surface area contributed by atoms with Crippen molar-refractivity contribution in [2.24, 2.45) is 0 Å². The minimum atomic E-state index is -0.550. The van der Waals surface area contributed by atoms with Crippen molar-refractivity contribution in [1.29, 1.82) is 0 Å². The maximum absolute atomic E-state index is 11.8. The number of amides is 4. The summed E-state index contributed by atoms with van der Waals surface area (Å²) in [5.41, 5.74) is 7.80. The van der Waals surface area contributed by atoms with Crippen molar-refractivity contribution in [3.05, 3.63) is 47.3 Å². The Bertz CT molecular complexity index is 815. The molecule has 26 heavy (non-hydrogen) atoms. The van der Waals surface area contributed by atoms with E-state index in [-0.39, 0.29) is 13.1 Å². The normalized spacial score (nSPS) is 10.1. The van der Waals surface area contributed by atoms with E-state index in [1.54, 1.807) is 12.1 Å². The van der Waals surface area contributed by atoms with Gasteiger partial charge in [0.1, 0.15) is 13.1 Å². The number of hydrogen-bond donors (Lipinski definition) is 4. The van der Waals surface area contributed by atoms with Gasteiger partial charge in [-0.1, -0.05) is 12.1 Å². The number of hydrazine groups is 1. The van der Waals surface area contributed by atoms with E-state index >= 15 is 0 Å². The van der Waals surface area contributed by atoms with Crippen LogP contribution in [0.1, 0.15) is 17.0 Å². The minimum Gasteiger partial charge on any atom is -0.329 e. The number of aromatic nitrogens is 2. The van der Waals surface area contributed by atoms with Gasteiger partial charge in [-0.15, -0.1) is 0 Å². The second-order valence-electron chi connectivity index (χ2n) is 5.86. The van der Waals surface area contributed by atoms with Gasteiger partial charge in [0.05, 0.1) is 5.69 Å². The molecule has 138 valence electrons. The maximum Gasteiger partial charge on any atom is 0.319 e. The summed E-state index contributed by atoms with van der Waals surface area (Å²) in [6, 6.07) is 8.61. The Kier molecular flexibility index (Phi) is 6.31. The highest BCUT2D eigenvalue weighted by Gasteiger charge is 2.09. The fraction of sp³-hybridized carbons (Fsp3) is 0.294. The second-order valence-corrected chi connectivity index (χ2v) is 5.86. The first-order valence-corrected chi connectivity index (χ1v) is 8.04. The average molecular weight is 358 g/mol. The molecule has 0 aliphatic heterocycles. The highest BCUT2D eigenvalue weighted by atomic mass is 16.2. The molecule has 0 saturated carbocycles. The largest absolute Gasteiger partial charge is 0.329 e. The van der Waals surface area contributed by atoms with Crippen LogP contribution in [0.25, 0.3) is 0 Å². The molecule has 0 radical (unpaired) electrons. The number of anilines is 1. The summed E-state index contributed by atoms with van der Waals surface area (Å²) in [6.07, 6.45) is 0. The average Bonchev–Trinajstić information content (AvgIpc) is 2.88. The van der Waals surface area contributed by atoms with Crippen LogP contribution in [0.3, 0.4) is 0 Å². The topological polar surface area (TPSA) is 117 Å². The number of rotatable bonds is 5. The van der Waals surface area contributed by atoms with Crippen LogP contribution < -0.4 is 21.5 Å². The van der Waals surface area contributed by atoms with Gasteiger partial charge in [-0.3, -0.25) is 25.1 Å². The van der Waals surface area contributed by atoms with Gasteiger partial charge in [-0.25, -0.2) is 4.79 Å². The number of hydrogen-bond acceptors (Lipinski definition) is 4. The first-order valence-electron chi connectivity index (χ1n) is 8.04. The summed E-state index contributed by atoms with van der Waals surface area (Å²) >= 11 is 0. The summed E-state index contributed by atoms with van der Waals surface area (Å²) in [6.45, 7) is 5.28. The van der Waals surface area contributed by atoms with Crippen molar-refractivity contribution in [2.45, 2.75) is 27.3 Å². The van der Waals surface area contributed by atoms with Crippen LogP contribution in [0.4, 0.5) is 10.5 Å². The molecule has 1 aromatic carbocycles. The van der Waals surface area contributed by atoms with Crippen molar-refractivity contribution in [2.75, 3.05) is 11.9 Å². The number of benzene rings is 1. The van der Waals surface area contributed by atoms with Crippen molar-refractivity contribution >= 4 is 23.5 Å². The summed E-state index contributed by atoms with van der Waals surface area (Å²) in [5.74, 6) is -0.972. The van der Waals surface area contributed by atoms with Crippen LogP contribution in [0.15, 0.2) is 30.3 Å². The Morgan fingerprint density at radius 2 is 1.77 bits per heavy atom. The van der Waals surface area contributed by atoms with Crippen molar-refractivity contribution < 1.29 is 14.4 Å². The number of urea groups is 1. The smallest absolute Gasteiger partial charge is 0.319 e. The molecule has 2 rings (SSSR count). The van der Waals surface area contributed by atoms with E-state index in [4.69, 9.17) is 0 Å². The number of carbonyl (C=O) groups is 3. The van der Waals surface area contributed by atoms with Gasteiger partial charge in [-0.05, 0) is 44.5 Å². The monoisotopic (exact) mass is 358 g/mol. The molecule has 0 aliphatic rings. The SMILES string of the molecule is Cc1cccc(NC(=O)NCC(=O)NNC(=O)Cn2nc(C)cc2C)c1. The van der Waals surface area contributed by atoms with Crippen molar-refractivity contribution in [1.82, 2.24) is 25.9 Å². The van der Waals surface area contributed by atoms with Gasteiger partial charge < -0.3 is 10.6 Å². The molecule has 1 aromatic heterocycles. The third-order valence-electron chi connectivity index (χ3n) is 3.42. The molecule has 0 unspecified atom stereocenters. The zero-order chi connectivity index (χ0) is 19.1. The van der Waals surface area contributed by atoms with E-state index in [2.05, 4.69) is 26.6 Å². The third-order valence-corrected chi connectivity index (χ3v) is 3.42. The molecular weight excluding hydrogens is 336 g/mol. The van der Waals surface area contributed by atoms with Gasteiger partial charge in [-0.2, -0.15) is 5.10 Å². The standard InChI is InChI=1S/C17H22N6O3/c1-11-5-4-6-14(7-11)19-17(26)18-9-15(24)20-21-16(25)10-23-13(3)8-12(2)22-23/h4-8H,9-10H2,1-3H3,(H,20,24)(H,21,25)(H2,18,19,26). The lowest BCUT2D eigenvalue weighted by Crippen LogP contribution is -2.47. The van der Waals surface area contributed by atoms with E-state index in [0.29, 0.717) is 5.69 Å². The Hall–Kier alpha value is -3.36. The highest BCUT2D eigenvalue weighted by Crippen LogP contribution is 2.08. The number of carbonyl (C=O) groups excluding carboxylic acids is 3. The summed E-state index contributed by atoms with van der Waals surface area (Å²) in [5, 5.41) is 9.18. The quantitative estimate of drug-likeness (QED) is 0.591. The zero-order valence-electron chi connectivity index (χ0n) is 14.9. The fourth-order valence-electron chi connectivity index (χ4n) is 2.25. The van der Waals surface area contributed by atoms with Crippen LogP contribution in [0.5, 0.6) is 0 Å². The number of aryl methyl sites for hydroxylation is 3. The van der Waals surface area contributed by atoms with Crippen LogP contribution in [-0.2, 0) is 16.1 Å². The highest BCUT2D eigenvalue weighted by molar-refractivity contribution is 5.92. The lowest BCUT2D eigenvalue weighted by atomic mass is 10.2. The Balaban J connectivity index is 1.69. The van der Waals surface area contributed by atoms with Gasteiger partial charge in [0.25, 0.3) is 11.8 Å². The van der Waals surface area contributed by atoms with Crippen LogP contribution in [0, 0.1) is 20.8 Å². The lowest BCUT2D eigenvalue weighted by Gasteiger charge is -2.10. The molecule has 9 nitrogen and oxygen atoms in total. The Morgan fingerprint density at radius 3 is 2.42 bits per heavy atom. The van der Waals surface area contributed by atoms with Crippen LogP contribution in [0.2, 0.25) is 0 Å².